The lowest BCUT2D eigenvalue weighted by atomic mass is 10.0. The summed E-state index contributed by atoms with van der Waals surface area (Å²) in [5, 5.41) is 0. The second kappa shape index (κ2) is 2.29. The topological polar surface area (TPSA) is 38.4 Å². The molecule has 2 nitrogen and oxygen atoms in total. The first-order valence-electron chi connectivity index (χ1n) is 3.81. The maximum atomic E-state index is 5.90. The Balaban J connectivity index is 2.31. The Kier molecular flexibility index (Phi) is 1.38. The maximum Gasteiger partial charge on any atom is 0.0784 e. The van der Waals surface area contributed by atoms with Crippen molar-refractivity contribution >= 4 is 12.4 Å². The quantitative estimate of drug-likeness (QED) is 0.516. The van der Waals surface area contributed by atoms with Crippen LogP contribution >= 0.6 is 0 Å². The van der Waals surface area contributed by atoms with Gasteiger partial charge in [0.05, 0.1) is 11.2 Å². The molecule has 1 aliphatic rings. The molecule has 12 heavy (non-hydrogen) atoms. The minimum absolute atomic E-state index is 0.278. The van der Waals surface area contributed by atoms with E-state index in [-0.39, 0.29) is 5.54 Å². The molecule has 0 spiro atoms. The van der Waals surface area contributed by atoms with E-state index in [2.05, 4.69) is 11.7 Å². The minimum Gasteiger partial charge on any atom is -0.315 e. The van der Waals surface area contributed by atoms with Gasteiger partial charge >= 0.3 is 0 Å². The van der Waals surface area contributed by atoms with Gasteiger partial charge in [-0.15, -0.1) is 0 Å². The lowest BCUT2D eigenvalue weighted by Gasteiger charge is -2.08. The molecule has 0 amide bonds. The highest BCUT2D eigenvalue weighted by molar-refractivity contribution is 5.51. The molecule has 0 unspecified atom stereocenters. The Morgan fingerprint density at radius 2 is 1.75 bits per heavy atom. The smallest absolute Gasteiger partial charge is 0.0784 e. The average Bonchev–Trinajstić information content (AvgIpc) is 2.85. The molecule has 0 fully saturated rings. The third-order valence-electron chi connectivity index (χ3n) is 2.08. The summed E-state index contributed by atoms with van der Waals surface area (Å²) in [6.07, 6.45) is 3.95. The molecule has 0 atom stereocenters. The zero-order valence-corrected chi connectivity index (χ0v) is 6.70. The third-order valence-corrected chi connectivity index (χ3v) is 2.08. The molecule has 2 N–H and O–H groups in total. The molecule has 60 valence electrons. The molecule has 0 heterocycles. The van der Waals surface area contributed by atoms with E-state index in [1.807, 2.05) is 36.4 Å². The van der Waals surface area contributed by atoms with E-state index in [1.54, 1.807) is 0 Å². The highest BCUT2D eigenvalue weighted by Crippen LogP contribution is 2.32. The van der Waals surface area contributed by atoms with Crippen molar-refractivity contribution in [1.82, 2.24) is 0 Å². The molecular formula is C10H10N2. The summed E-state index contributed by atoms with van der Waals surface area (Å²) >= 11 is 0. The number of aliphatic imine (C=N–C) groups is 1. The van der Waals surface area contributed by atoms with E-state index in [9.17, 15) is 0 Å². The fraction of sp³-hybridized carbons (Fsp3) is 0.100. The molecule has 0 saturated heterocycles. The van der Waals surface area contributed by atoms with Crippen molar-refractivity contribution in [2.45, 2.75) is 5.54 Å². The van der Waals surface area contributed by atoms with E-state index < -0.39 is 0 Å². The normalized spacial score (nSPS) is 17.4. The van der Waals surface area contributed by atoms with E-state index in [0.717, 1.165) is 11.3 Å². The molecule has 0 aromatic heterocycles. The Labute approximate surface area is 71.4 Å². The van der Waals surface area contributed by atoms with Gasteiger partial charge < -0.3 is 5.73 Å². The van der Waals surface area contributed by atoms with Crippen LogP contribution in [0.4, 0.5) is 5.69 Å². The van der Waals surface area contributed by atoms with Gasteiger partial charge in [-0.05, 0) is 24.4 Å². The second-order valence-corrected chi connectivity index (χ2v) is 2.97. The standard InChI is InChI=1S/C10H10N2/c1-12-9-4-2-8(3-5-9)10(11)6-7-10/h2-7H,1,11H2. The number of hydrogen-bond acceptors (Lipinski definition) is 2. The van der Waals surface area contributed by atoms with Gasteiger partial charge in [-0.25, -0.2) is 0 Å². The predicted molar refractivity (Wildman–Crippen MR) is 50.7 cm³/mol. The largest absolute Gasteiger partial charge is 0.315 e. The summed E-state index contributed by atoms with van der Waals surface area (Å²) in [6.45, 7) is 3.44. The average molecular weight is 158 g/mol. The van der Waals surface area contributed by atoms with E-state index in [4.69, 9.17) is 5.73 Å². The second-order valence-electron chi connectivity index (χ2n) is 2.97. The SMILES string of the molecule is C=Nc1ccc(C2(N)C=C2)cc1. The Bertz CT molecular complexity index is 329. The van der Waals surface area contributed by atoms with Crippen LogP contribution in [0.1, 0.15) is 5.56 Å². The fourth-order valence-electron chi connectivity index (χ4n) is 1.14. The molecule has 1 aliphatic carbocycles. The summed E-state index contributed by atoms with van der Waals surface area (Å²) in [5.41, 5.74) is 7.61. The first-order chi connectivity index (χ1) is 5.74. The van der Waals surface area contributed by atoms with E-state index in [0.29, 0.717) is 0 Å². The van der Waals surface area contributed by atoms with Gasteiger partial charge in [0.2, 0.25) is 0 Å². The summed E-state index contributed by atoms with van der Waals surface area (Å²) in [4.78, 5) is 3.80. The van der Waals surface area contributed by atoms with Crippen LogP contribution in [-0.4, -0.2) is 6.72 Å². The molecule has 1 aromatic rings. The number of hydrogen-bond donors (Lipinski definition) is 1. The summed E-state index contributed by atoms with van der Waals surface area (Å²) in [7, 11) is 0. The zero-order chi connectivity index (χ0) is 8.60. The predicted octanol–water partition coefficient (Wildman–Crippen LogP) is 1.74. The van der Waals surface area contributed by atoms with Gasteiger partial charge in [0.1, 0.15) is 0 Å². The van der Waals surface area contributed by atoms with Crippen molar-refractivity contribution in [3.63, 3.8) is 0 Å². The van der Waals surface area contributed by atoms with Crippen LogP contribution in [-0.2, 0) is 5.54 Å². The van der Waals surface area contributed by atoms with Crippen molar-refractivity contribution in [3.8, 4) is 0 Å². The van der Waals surface area contributed by atoms with E-state index >= 15 is 0 Å². The molecule has 0 radical (unpaired) electrons. The lowest BCUT2D eigenvalue weighted by molar-refractivity contribution is 0.818. The molecule has 0 bridgehead atoms. The van der Waals surface area contributed by atoms with Gasteiger partial charge in [-0.1, -0.05) is 24.3 Å². The first-order valence-corrected chi connectivity index (χ1v) is 3.81. The Morgan fingerprint density at radius 1 is 1.17 bits per heavy atom. The first kappa shape index (κ1) is 7.25. The van der Waals surface area contributed by atoms with Crippen LogP contribution < -0.4 is 5.73 Å². The Morgan fingerprint density at radius 3 is 2.17 bits per heavy atom. The van der Waals surface area contributed by atoms with Gasteiger partial charge in [0, 0.05) is 0 Å². The third kappa shape index (κ3) is 1.06. The molecular weight excluding hydrogens is 148 g/mol. The van der Waals surface area contributed by atoms with Crippen molar-refractivity contribution < 1.29 is 0 Å². The fourth-order valence-corrected chi connectivity index (χ4v) is 1.14. The van der Waals surface area contributed by atoms with Crippen LogP contribution in [0.3, 0.4) is 0 Å². The lowest BCUT2D eigenvalue weighted by Crippen LogP contribution is -2.20. The van der Waals surface area contributed by atoms with Crippen molar-refractivity contribution in [2.75, 3.05) is 0 Å². The van der Waals surface area contributed by atoms with Crippen LogP contribution in [0.25, 0.3) is 0 Å². The monoisotopic (exact) mass is 158 g/mol. The van der Waals surface area contributed by atoms with Crippen LogP contribution in [0.5, 0.6) is 0 Å². The summed E-state index contributed by atoms with van der Waals surface area (Å²) in [6, 6.07) is 7.78. The summed E-state index contributed by atoms with van der Waals surface area (Å²) in [5.74, 6) is 0. The highest BCUT2D eigenvalue weighted by Gasteiger charge is 2.30. The minimum atomic E-state index is -0.278. The number of nitrogens with zero attached hydrogens (tertiary/aromatic N) is 1. The van der Waals surface area contributed by atoms with Crippen molar-refractivity contribution in [1.29, 1.82) is 0 Å². The van der Waals surface area contributed by atoms with Gasteiger partial charge in [-0.2, -0.15) is 0 Å². The zero-order valence-electron chi connectivity index (χ0n) is 6.70. The van der Waals surface area contributed by atoms with Crippen LogP contribution in [0.15, 0.2) is 41.4 Å². The van der Waals surface area contributed by atoms with Crippen LogP contribution in [0.2, 0.25) is 0 Å². The van der Waals surface area contributed by atoms with Gasteiger partial charge in [0.25, 0.3) is 0 Å². The molecule has 0 saturated carbocycles. The van der Waals surface area contributed by atoms with E-state index in [1.165, 1.54) is 0 Å². The van der Waals surface area contributed by atoms with Crippen LogP contribution in [0, 0.1) is 0 Å². The van der Waals surface area contributed by atoms with Crippen molar-refractivity contribution in [3.05, 3.63) is 42.0 Å². The number of nitrogens with two attached hydrogens (primary N) is 1. The maximum absolute atomic E-state index is 5.90. The Hall–Kier alpha value is -1.41. The highest BCUT2D eigenvalue weighted by atomic mass is 14.8. The molecule has 2 rings (SSSR count). The molecule has 1 aromatic carbocycles. The number of rotatable bonds is 2. The van der Waals surface area contributed by atoms with Gasteiger partial charge in [0.15, 0.2) is 0 Å². The summed E-state index contributed by atoms with van der Waals surface area (Å²) < 4.78 is 0. The van der Waals surface area contributed by atoms with Crippen molar-refractivity contribution in [2.24, 2.45) is 10.7 Å². The number of benzene rings is 1. The van der Waals surface area contributed by atoms with Gasteiger partial charge in [-0.3, -0.25) is 4.99 Å². The molecule has 2 heteroatoms. The molecule has 0 aliphatic heterocycles.